The standard InChI is InChI=1S/C82H160O17P2/c1-8-11-12-13-14-15-16-17-18-19-20-26-31-36-41-49-56-63-79(84)92-69-77(98-81(86)65-58-51-42-37-32-27-22-21-25-30-35-40-47-54-61-74(6)9-2)71-96-100(88,89)94-67-76(83)68-95-101(90,91)97-72-78(70-93-80(85)64-57-50-45-44-48-55-62-75(7)10-3)99-82(87)66-59-52-43-38-33-28-23-24-29-34-39-46-53-60-73(4)5/h73-78,83H,8-72H2,1-7H3,(H,88,89)(H,90,91)/t74?,75?,76-,77-,78-/m1/s1. The summed E-state index contributed by atoms with van der Waals surface area (Å²) in [5.74, 6) is 0.253. The molecule has 0 fully saturated rings. The van der Waals surface area contributed by atoms with Gasteiger partial charge < -0.3 is 33.8 Å². The number of rotatable bonds is 80. The van der Waals surface area contributed by atoms with Gasteiger partial charge in [-0.3, -0.25) is 37.3 Å². The number of carbonyl (C=O) groups excluding carboxylic acids is 4. The number of phosphoric ester groups is 2. The number of unbranched alkanes of at least 4 members (excludes halogenated alkanes) is 46. The Morgan fingerprint density at radius 2 is 0.505 bits per heavy atom. The van der Waals surface area contributed by atoms with Crippen molar-refractivity contribution in [2.45, 2.75) is 446 Å². The maximum Gasteiger partial charge on any atom is 0.472 e. The monoisotopic (exact) mass is 1480 g/mol. The lowest BCUT2D eigenvalue weighted by atomic mass is 9.99. The minimum absolute atomic E-state index is 0.106. The molecule has 0 aromatic rings. The Morgan fingerprint density at radius 3 is 0.752 bits per heavy atom. The summed E-state index contributed by atoms with van der Waals surface area (Å²) in [7, 11) is -9.92. The lowest BCUT2D eigenvalue weighted by Crippen LogP contribution is -2.30. The number of esters is 4. The summed E-state index contributed by atoms with van der Waals surface area (Å²) in [6, 6.07) is 0. The molecule has 0 spiro atoms. The number of aliphatic hydroxyl groups is 1. The lowest BCUT2D eigenvalue weighted by molar-refractivity contribution is -0.161. The Hall–Kier alpha value is -1.94. The second-order valence-electron chi connectivity index (χ2n) is 30.5. The molecule has 4 unspecified atom stereocenters. The highest BCUT2D eigenvalue weighted by Crippen LogP contribution is 2.45. The zero-order chi connectivity index (χ0) is 74.4. The molecule has 0 rings (SSSR count). The van der Waals surface area contributed by atoms with Gasteiger partial charge in [0.05, 0.1) is 26.4 Å². The third-order valence-electron chi connectivity index (χ3n) is 19.9. The van der Waals surface area contributed by atoms with Crippen LogP contribution in [0.15, 0.2) is 0 Å². The van der Waals surface area contributed by atoms with Gasteiger partial charge in [-0.1, -0.05) is 376 Å². The Kier molecular flexibility index (Phi) is 70.9. The quantitative estimate of drug-likeness (QED) is 0.0222. The first-order valence-corrected chi connectivity index (χ1v) is 45.4. The molecule has 0 aromatic carbocycles. The van der Waals surface area contributed by atoms with Crippen LogP contribution in [0.2, 0.25) is 0 Å². The molecule has 0 aliphatic heterocycles. The predicted molar refractivity (Wildman–Crippen MR) is 414 cm³/mol. The molecule has 0 heterocycles. The van der Waals surface area contributed by atoms with E-state index in [-0.39, 0.29) is 25.7 Å². The van der Waals surface area contributed by atoms with E-state index < -0.39 is 97.5 Å². The van der Waals surface area contributed by atoms with E-state index in [4.69, 9.17) is 37.0 Å². The number of phosphoric acid groups is 2. The van der Waals surface area contributed by atoms with Crippen LogP contribution in [0.5, 0.6) is 0 Å². The van der Waals surface area contributed by atoms with E-state index in [2.05, 4.69) is 48.5 Å². The highest BCUT2D eigenvalue weighted by atomic mass is 31.2. The summed E-state index contributed by atoms with van der Waals surface area (Å²) in [5, 5.41) is 10.7. The second kappa shape index (κ2) is 72.3. The fourth-order valence-electron chi connectivity index (χ4n) is 12.6. The molecule has 0 saturated heterocycles. The van der Waals surface area contributed by atoms with Crippen molar-refractivity contribution in [3.05, 3.63) is 0 Å². The van der Waals surface area contributed by atoms with Crippen LogP contribution in [-0.2, 0) is 65.4 Å². The van der Waals surface area contributed by atoms with E-state index >= 15 is 0 Å². The number of hydrogen-bond acceptors (Lipinski definition) is 15. The van der Waals surface area contributed by atoms with Gasteiger partial charge in [0.1, 0.15) is 19.3 Å². The summed E-state index contributed by atoms with van der Waals surface area (Å²) < 4.78 is 68.8. The Balaban J connectivity index is 5.25. The van der Waals surface area contributed by atoms with E-state index in [0.717, 1.165) is 114 Å². The molecule has 7 atom stereocenters. The SMILES string of the molecule is CCCCCCCCCCCCCCCCCCCC(=O)OC[C@H](COP(=O)(O)OC[C@@H](O)COP(=O)(O)OC[C@@H](COC(=O)CCCCCCCCC(C)CC)OC(=O)CCCCCCCCCCCCCCCC(C)C)OC(=O)CCCCCCCCCCCCCCCCC(C)CC. The van der Waals surface area contributed by atoms with Crippen molar-refractivity contribution < 1.29 is 80.2 Å². The van der Waals surface area contributed by atoms with Crippen molar-refractivity contribution >= 4 is 39.5 Å². The maximum atomic E-state index is 13.1. The number of carbonyl (C=O) groups is 4. The summed E-state index contributed by atoms with van der Waals surface area (Å²) in [5.41, 5.74) is 0. The van der Waals surface area contributed by atoms with Gasteiger partial charge in [0.2, 0.25) is 0 Å². The van der Waals surface area contributed by atoms with Crippen molar-refractivity contribution in [3.8, 4) is 0 Å². The van der Waals surface area contributed by atoms with Crippen LogP contribution in [0, 0.1) is 17.8 Å². The van der Waals surface area contributed by atoms with Crippen molar-refractivity contribution in [2.75, 3.05) is 39.6 Å². The topological polar surface area (TPSA) is 237 Å². The van der Waals surface area contributed by atoms with Gasteiger partial charge in [-0.25, -0.2) is 9.13 Å². The second-order valence-corrected chi connectivity index (χ2v) is 33.4. The molecule has 19 heteroatoms. The predicted octanol–water partition coefficient (Wildman–Crippen LogP) is 24.5. The van der Waals surface area contributed by atoms with Crippen LogP contribution in [0.4, 0.5) is 0 Å². The van der Waals surface area contributed by atoms with E-state index in [0.29, 0.717) is 25.7 Å². The van der Waals surface area contributed by atoms with Gasteiger partial charge in [0.15, 0.2) is 12.2 Å². The maximum absolute atomic E-state index is 13.1. The van der Waals surface area contributed by atoms with Crippen molar-refractivity contribution in [3.63, 3.8) is 0 Å². The number of hydrogen-bond donors (Lipinski definition) is 3. The van der Waals surface area contributed by atoms with E-state index in [1.807, 2.05) is 0 Å². The molecular formula is C82H160O17P2. The van der Waals surface area contributed by atoms with E-state index in [1.54, 1.807) is 0 Å². The van der Waals surface area contributed by atoms with Crippen molar-refractivity contribution in [1.29, 1.82) is 0 Å². The van der Waals surface area contributed by atoms with Crippen molar-refractivity contribution in [1.82, 2.24) is 0 Å². The Labute approximate surface area is 619 Å². The lowest BCUT2D eigenvalue weighted by Gasteiger charge is -2.21. The van der Waals surface area contributed by atoms with Crippen LogP contribution in [0.1, 0.15) is 427 Å². The smallest absolute Gasteiger partial charge is 0.462 e. The molecule has 0 radical (unpaired) electrons. The minimum Gasteiger partial charge on any atom is -0.462 e. The molecule has 17 nitrogen and oxygen atoms in total. The van der Waals surface area contributed by atoms with E-state index in [1.165, 1.54) is 231 Å². The molecule has 0 aliphatic carbocycles. The molecule has 0 bridgehead atoms. The van der Waals surface area contributed by atoms with Gasteiger partial charge in [-0.15, -0.1) is 0 Å². The molecule has 101 heavy (non-hydrogen) atoms. The molecule has 0 saturated carbocycles. The van der Waals surface area contributed by atoms with Crippen LogP contribution in [0.3, 0.4) is 0 Å². The van der Waals surface area contributed by atoms with Crippen LogP contribution in [-0.4, -0.2) is 96.7 Å². The number of ether oxygens (including phenoxy) is 4. The largest absolute Gasteiger partial charge is 0.472 e. The van der Waals surface area contributed by atoms with Crippen LogP contribution in [0.25, 0.3) is 0 Å². The zero-order valence-corrected chi connectivity index (χ0v) is 68.2. The Morgan fingerprint density at radius 1 is 0.287 bits per heavy atom. The van der Waals surface area contributed by atoms with Gasteiger partial charge in [0, 0.05) is 25.7 Å². The molecule has 600 valence electrons. The molecular weight excluding hydrogens is 1320 g/mol. The molecule has 3 N–H and O–H groups in total. The van der Waals surface area contributed by atoms with E-state index in [9.17, 15) is 43.2 Å². The third kappa shape index (κ3) is 73.4. The first-order chi connectivity index (χ1) is 48.8. The van der Waals surface area contributed by atoms with Crippen LogP contribution < -0.4 is 0 Å². The Bertz CT molecular complexity index is 1960. The van der Waals surface area contributed by atoms with Crippen molar-refractivity contribution in [2.24, 2.45) is 17.8 Å². The van der Waals surface area contributed by atoms with Crippen LogP contribution >= 0.6 is 15.6 Å². The summed E-state index contributed by atoms with van der Waals surface area (Å²) >= 11 is 0. The number of aliphatic hydroxyl groups excluding tert-OH is 1. The van der Waals surface area contributed by atoms with Gasteiger partial charge >= 0.3 is 39.5 Å². The first-order valence-electron chi connectivity index (χ1n) is 42.4. The fraction of sp³-hybridized carbons (Fsp3) is 0.951. The van der Waals surface area contributed by atoms with Gasteiger partial charge in [0.25, 0.3) is 0 Å². The molecule has 0 aliphatic rings. The average Bonchev–Trinajstić information content (AvgIpc) is 0.957. The highest BCUT2D eigenvalue weighted by molar-refractivity contribution is 7.47. The third-order valence-corrected chi connectivity index (χ3v) is 21.8. The summed E-state index contributed by atoms with van der Waals surface area (Å²) in [6.45, 7) is 12.0. The minimum atomic E-state index is -4.96. The fourth-order valence-corrected chi connectivity index (χ4v) is 14.2. The zero-order valence-electron chi connectivity index (χ0n) is 66.4. The average molecular weight is 1480 g/mol. The van der Waals surface area contributed by atoms with Gasteiger partial charge in [-0.05, 0) is 43.4 Å². The first kappa shape index (κ1) is 99.1. The summed E-state index contributed by atoms with van der Waals surface area (Å²) in [4.78, 5) is 73.1. The normalized spacial score (nSPS) is 14.5. The summed E-state index contributed by atoms with van der Waals surface area (Å²) in [6.07, 6.45) is 61.0. The molecule has 0 amide bonds. The highest BCUT2D eigenvalue weighted by Gasteiger charge is 2.30. The van der Waals surface area contributed by atoms with Gasteiger partial charge in [-0.2, -0.15) is 0 Å². The molecule has 0 aromatic heterocycles.